The monoisotopic (exact) mass is 1500 g/mol. The minimum Gasteiger partial charge on any atom is -0.0896 e. The van der Waals surface area contributed by atoms with Gasteiger partial charge >= 0.3 is 0 Å². The van der Waals surface area contributed by atoms with Gasteiger partial charge in [-0.3, -0.25) is 0 Å². The minimum atomic E-state index is -1.55. The normalized spacial score (nSPS) is 33.2. The summed E-state index contributed by atoms with van der Waals surface area (Å²) in [5.74, 6) is 15.8. The Balaban J connectivity index is 1.22. The van der Waals surface area contributed by atoms with Gasteiger partial charge in [0.15, 0.2) is 0 Å². The molecule has 106 heavy (non-hydrogen) atoms. The van der Waals surface area contributed by atoms with Crippen molar-refractivity contribution in [2.75, 3.05) is 0 Å². The molecule has 24 atom stereocenters. The molecule has 8 aliphatic carbocycles. The van der Waals surface area contributed by atoms with Gasteiger partial charge in [0.1, 0.15) is 16.1 Å². The molecule has 0 nitrogen and oxygen atoms in total. The number of benzene rings is 5. The van der Waals surface area contributed by atoms with Crippen LogP contribution in [0, 0.1) is 47.3 Å². The first-order chi connectivity index (χ1) is 51.6. The van der Waals surface area contributed by atoms with Crippen molar-refractivity contribution in [1.29, 1.82) is 0 Å². The quantitative estimate of drug-likeness (QED) is 0.0318. The zero-order valence-electron chi connectivity index (χ0n) is 72.3. The van der Waals surface area contributed by atoms with E-state index in [0.29, 0.717) is 118 Å². The zero-order valence-corrected chi connectivity index (χ0v) is 76.1. The Kier molecular flexibility index (Phi) is 26.1. The smallest absolute Gasteiger partial charge is 0.0896 e. The van der Waals surface area contributed by atoms with E-state index in [1.807, 2.05) is 110 Å². The van der Waals surface area contributed by atoms with Gasteiger partial charge < -0.3 is 0 Å². The number of hydrogen-bond donors (Lipinski definition) is 0. The van der Waals surface area contributed by atoms with Crippen LogP contribution < -0.4 is 31.4 Å². The zero-order chi connectivity index (χ0) is 75.8. The molecule has 5 aromatic rings. The van der Waals surface area contributed by atoms with Gasteiger partial charge in [-0.05, 0) is 355 Å². The molecule has 0 radical (unpaired) electrons. The fraction of sp³-hybridized carbons (Fsp3) is 0.706. The molecule has 0 bridgehead atoms. The molecular weight excluding hydrogens is 1340 g/mol. The Morgan fingerprint density at radius 2 is 0.330 bits per heavy atom. The van der Waals surface area contributed by atoms with E-state index in [-0.39, 0.29) is 0 Å². The molecule has 0 heterocycles. The second kappa shape index (κ2) is 34.1. The highest BCUT2D eigenvalue weighted by Crippen LogP contribution is 2.64. The molecule has 8 aliphatic rings. The third kappa shape index (κ3) is 12.3. The van der Waals surface area contributed by atoms with Crippen LogP contribution in [0.1, 0.15) is 504 Å². The number of hydrogen-bond acceptors (Lipinski definition) is 0. The lowest BCUT2D eigenvalue weighted by Crippen LogP contribution is -2.43. The molecule has 0 aliphatic heterocycles. The maximum atomic E-state index is 2.98. The summed E-state index contributed by atoms with van der Waals surface area (Å²) in [4.78, 5) is 0. The van der Waals surface area contributed by atoms with E-state index in [9.17, 15) is 0 Å². The second-order valence-electron chi connectivity index (χ2n) is 36.3. The van der Waals surface area contributed by atoms with E-state index in [4.69, 9.17) is 0 Å². The molecule has 0 fully saturated rings. The third-order valence-corrected chi connectivity index (χ3v) is 44.6. The lowest BCUT2D eigenvalue weighted by Gasteiger charge is -2.28. The van der Waals surface area contributed by atoms with Crippen LogP contribution >= 0.6 is 15.4 Å². The predicted molar refractivity (Wildman–Crippen MR) is 474 cm³/mol. The van der Waals surface area contributed by atoms with Crippen LogP contribution in [0.2, 0.25) is 0 Å². The molecule has 0 aromatic heterocycles. The summed E-state index contributed by atoms with van der Waals surface area (Å²) in [6.45, 7) is 62.4. The summed E-state index contributed by atoms with van der Waals surface area (Å²) in [5, 5.41) is 11.2. The standard InChI is InChI=1S/C102H152P2Si2/c1-25-59-67(33-9)83-53-84-68(34-10)60(26-2)76(42-18)92(84)99(91(83)75(59)41-17)103-105(101-95-79(45-21)63(29-5)71(37-13)87(95)55-88-72(38-14)64(30-6)80(46-22)96(88)101)57-49-51-58(52-50-57)106(102-97-81(47-23)65(31-7)73(39-15)89(97)56-90-74(40-16)66(32-8)82(48-24)98(90)102)104-100-93-77(43-19)61(27-3)69(35-11)85(93)54-86-70(36-12)62(28-4)78(44-20)94(86)100/h49-56,59-82H,25-48H2,1-24H3. The molecule has 578 valence electrons. The predicted octanol–water partition coefficient (Wildman–Crippen LogP) is 28.7. The van der Waals surface area contributed by atoms with Gasteiger partial charge in [0.2, 0.25) is 0 Å². The second-order valence-corrected chi connectivity index (χ2v) is 45.2. The van der Waals surface area contributed by atoms with E-state index < -0.39 is 16.1 Å². The molecule has 0 N–H and O–H groups in total. The van der Waals surface area contributed by atoms with Crippen molar-refractivity contribution < 1.29 is 0 Å². The molecule has 0 saturated heterocycles. The van der Waals surface area contributed by atoms with E-state index in [1.54, 1.807) is 25.8 Å². The number of rotatable bonds is 30. The van der Waals surface area contributed by atoms with Crippen LogP contribution in [0.5, 0.6) is 0 Å². The summed E-state index contributed by atoms with van der Waals surface area (Å²) in [5.41, 5.74) is 29.7. The molecule has 0 amide bonds. The van der Waals surface area contributed by atoms with Crippen molar-refractivity contribution in [1.82, 2.24) is 0 Å². The molecule has 5 aromatic carbocycles. The van der Waals surface area contributed by atoms with Gasteiger partial charge in [-0.15, -0.1) is 0 Å². The van der Waals surface area contributed by atoms with E-state index >= 15 is 0 Å². The minimum absolute atomic E-state index is 0.610. The first kappa shape index (κ1) is 81.2. The average Bonchev–Trinajstić information content (AvgIpc) is 1.55. The van der Waals surface area contributed by atoms with Crippen LogP contribution in [0.4, 0.5) is 0 Å². The molecular formula is C102H152P2Si2. The van der Waals surface area contributed by atoms with Crippen molar-refractivity contribution in [3.05, 3.63) is 138 Å². The van der Waals surface area contributed by atoms with Crippen molar-refractivity contribution in [3.63, 3.8) is 0 Å². The average molecular weight is 1500 g/mol. The highest BCUT2D eigenvalue weighted by Gasteiger charge is 2.53. The highest BCUT2D eigenvalue weighted by molar-refractivity contribution is 7.64. The van der Waals surface area contributed by atoms with Gasteiger partial charge in [-0.1, -0.05) is 282 Å². The SMILES string of the molecule is CCC1c2cc3c(c(P=[Si](c4ccc([Si](=Pc5c6c(cc7c5C(CC)C(CC)C7CC)C(CC)C(CC)C6CC)c5c6c(cc7c5C(CC)C(CC)C7CC)C(CC)C(CC)C6CC)cc4)c4c5c(cc6c4C(CC)C(CC)C6CC)C(CC)C(CC)C5CC)c2C(CC)C1CC)C(CC)C(CC)C3CC. The van der Waals surface area contributed by atoms with Crippen LogP contribution in [0.3, 0.4) is 0 Å². The Morgan fingerprint density at radius 1 is 0.189 bits per heavy atom. The Bertz CT molecular complexity index is 3550. The highest BCUT2D eigenvalue weighted by atomic mass is 31.2. The summed E-state index contributed by atoms with van der Waals surface area (Å²) in [7, 11) is 0.308. The van der Waals surface area contributed by atoms with Crippen molar-refractivity contribution in [2.24, 2.45) is 47.3 Å². The van der Waals surface area contributed by atoms with Crippen LogP contribution in [-0.2, 0) is 0 Å². The summed E-state index contributed by atoms with van der Waals surface area (Å²) in [6, 6.07) is 23.8. The number of fused-ring (bicyclic) bond motifs is 8. The van der Waals surface area contributed by atoms with Gasteiger partial charge in [0, 0.05) is 10.6 Å². The molecule has 4 heteroatoms. The molecule has 13 rings (SSSR count). The summed E-state index contributed by atoms with van der Waals surface area (Å²) < 4.78 is 0. The lowest BCUT2D eigenvalue weighted by atomic mass is 9.81. The Morgan fingerprint density at radius 3 is 0.472 bits per heavy atom. The van der Waals surface area contributed by atoms with E-state index in [1.165, 1.54) is 154 Å². The van der Waals surface area contributed by atoms with Crippen molar-refractivity contribution in [3.8, 4) is 0 Å². The van der Waals surface area contributed by atoms with Crippen LogP contribution in [0.25, 0.3) is 0 Å². The fourth-order valence-corrected chi connectivity index (χ4v) is 42.5. The maximum Gasteiger partial charge on any atom is 0.117 e. The van der Waals surface area contributed by atoms with Crippen LogP contribution in [-0.4, -0.2) is 16.1 Å². The molecule has 0 spiro atoms. The van der Waals surface area contributed by atoms with Gasteiger partial charge in [0.05, 0.1) is 0 Å². The van der Waals surface area contributed by atoms with Crippen LogP contribution in [0.15, 0.2) is 48.5 Å². The fourth-order valence-electron chi connectivity index (χ4n) is 29.5. The Labute approximate surface area is 658 Å². The van der Waals surface area contributed by atoms with Crippen molar-refractivity contribution >= 4 is 62.9 Å². The van der Waals surface area contributed by atoms with Gasteiger partial charge in [-0.2, -0.15) is 0 Å². The van der Waals surface area contributed by atoms with Gasteiger partial charge in [0.25, 0.3) is 0 Å². The van der Waals surface area contributed by atoms with E-state index in [0.717, 1.165) is 23.7 Å². The summed E-state index contributed by atoms with van der Waals surface area (Å²) in [6.07, 6.45) is 30.5. The van der Waals surface area contributed by atoms with E-state index in [2.05, 4.69) is 215 Å². The topological polar surface area (TPSA) is 0 Å². The largest absolute Gasteiger partial charge is 0.117 e. The maximum absolute atomic E-state index is 2.98. The molecule has 0 saturated carbocycles. The lowest BCUT2D eigenvalue weighted by molar-refractivity contribution is 0.357. The first-order valence-electron chi connectivity index (χ1n) is 46.7. The summed E-state index contributed by atoms with van der Waals surface area (Å²) >= 11 is 0. The third-order valence-electron chi connectivity index (χ3n) is 33.4. The van der Waals surface area contributed by atoms with Crippen molar-refractivity contribution in [2.45, 2.75) is 415 Å². The first-order valence-corrected chi connectivity index (χ1v) is 53.2. The Hall–Kier alpha value is -2.87. The molecule has 24 unspecified atom stereocenters. The van der Waals surface area contributed by atoms with Gasteiger partial charge in [-0.25, -0.2) is 0 Å².